The van der Waals surface area contributed by atoms with E-state index in [1.54, 1.807) is 0 Å². The van der Waals surface area contributed by atoms with E-state index in [4.69, 9.17) is 9.47 Å². The van der Waals surface area contributed by atoms with Gasteiger partial charge in [-0.2, -0.15) is 0 Å². The molecule has 0 aliphatic carbocycles. The van der Waals surface area contributed by atoms with E-state index in [9.17, 15) is 4.79 Å². The highest BCUT2D eigenvalue weighted by Gasteiger charge is 2.24. The van der Waals surface area contributed by atoms with Crippen LogP contribution in [0.2, 0.25) is 0 Å². The van der Waals surface area contributed by atoms with Gasteiger partial charge in [0, 0.05) is 72.0 Å². The molecule has 3 aliphatic rings. The molecule has 3 fully saturated rings. The first-order valence-corrected chi connectivity index (χ1v) is 11.4. The van der Waals surface area contributed by atoms with Gasteiger partial charge in [0.25, 0.3) is 0 Å². The van der Waals surface area contributed by atoms with Crippen LogP contribution < -0.4 is 5.32 Å². The molecule has 1 amide bonds. The molecule has 0 aromatic carbocycles. The third kappa shape index (κ3) is 8.47. The normalized spacial score (nSPS) is 23.4. The maximum absolute atomic E-state index is 12.5. The van der Waals surface area contributed by atoms with Gasteiger partial charge in [-0.15, -0.1) is 24.0 Å². The number of hydrogen-bond acceptors (Lipinski definition) is 5. The Bertz CT molecular complexity index is 517. The van der Waals surface area contributed by atoms with Gasteiger partial charge in [-0.1, -0.05) is 0 Å². The van der Waals surface area contributed by atoms with Crippen LogP contribution in [0.3, 0.4) is 0 Å². The van der Waals surface area contributed by atoms with Crippen LogP contribution in [-0.2, 0) is 14.3 Å². The van der Waals surface area contributed by atoms with Crippen LogP contribution in [0.25, 0.3) is 0 Å². The lowest BCUT2D eigenvalue weighted by Crippen LogP contribution is -2.54. The zero-order valence-electron chi connectivity index (χ0n) is 18.5. The Morgan fingerprint density at radius 1 is 1.10 bits per heavy atom. The van der Waals surface area contributed by atoms with E-state index in [-0.39, 0.29) is 24.0 Å². The summed E-state index contributed by atoms with van der Waals surface area (Å²) in [6.45, 7) is 10.2. The van der Waals surface area contributed by atoms with Crippen molar-refractivity contribution in [3.63, 3.8) is 0 Å². The first kappa shape index (κ1) is 25.6. The maximum atomic E-state index is 12.5. The number of piperidine rings is 1. The van der Waals surface area contributed by atoms with Crippen molar-refractivity contribution in [1.29, 1.82) is 0 Å². The average Bonchev–Trinajstić information content (AvgIpc) is 3.28. The second-order valence-electron chi connectivity index (χ2n) is 8.34. The molecule has 0 aromatic rings. The van der Waals surface area contributed by atoms with E-state index in [1.807, 2.05) is 11.9 Å². The molecule has 1 unspecified atom stereocenters. The Labute approximate surface area is 198 Å². The molecule has 0 spiro atoms. The maximum Gasteiger partial charge on any atom is 0.236 e. The topological polar surface area (TPSA) is 69.6 Å². The SMILES string of the molecule is CN=C(NCCCOCC1CCOC1)N1CCN(CC(=O)N2CCCCC2)CC1.I. The number of nitrogens with one attached hydrogen (secondary N) is 1. The molecule has 3 aliphatic heterocycles. The van der Waals surface area contributed by atoms with Gasteiger partial charge in [-0.25, -0.2) is 0 Å². The molecular formula is C21H40IN5O3. The van der Waals surface area contributed by atoms with Crippen LogP contribution >= 0.6 is 24.0 Å². The first-order valence-electron chi connectivity index (χ1n) is 11.4. The van der Waals surface area contributed by atoms with Crippen LogP contribution in [-0.4, -0.2) is 112 Å². The predicted octanol–water partition coefficient (Wildman–Crippen LogP) is 1.25. The van der Waals surface area contributed by atoms with E-state index < -0.39 is 0 Å². The van der Waals surface area contributed by atoms with Crippen molar-refractivity contribution >= 4 is 35.8 Å². The number of aliphatic imine (C=N–C) groups is 1. The summed E-state index contributed by atoms with van der Waals surface area (Å²) in [6, 6.07) is 0. The highest BCUT2D eigenvalue weighted by atomic mass is 127. The molecule has 174 valence electrons. The zero-order valence-corrected chi connectivity index (χ0v) is 20.9. The third-order valence-electron chi connectivity index (χ3n) is 6.08. The second-order valence-corrected chi connectivity index (χ2v) is 8.34. The summed E-state index contributed by atoms with van der Waals surface area (Å²) in [5.74, 6) is 1.83. The minimum absolute atomic E-state index is 0. The summed E-state index contributed by atoms with van der Waals surface area (Å²) in [5.41, 5.74) is 0. The molecule has 8 nitrogen and oxygen atoms in total. The first-order chi connectivity index (χ1) is 14.3. The molecule has 9 heteroatoms. The molecule has 0 saturated carbocycles. The van der Waals surface area contributed by atoms with Gasteiger partial charge >= 0.3 is 0 Å². The van der Waals surface area contributed by atoms with E-state index >= 15 is 0 Å². The second kappa shape index (κ2) is 14.4. The number of amides is 1. The predicted molar refractivity (Wildman–Crippen MR) is 130 cm³/mol. The third-order valence-corrected chi connectivity index (χ3v) is 6.08. The van der Waals surface area contributed by atoms with Crippen LogP contribution in [0.4, 0.5) is 0 Å². The van der Waals surface area contributed by atoms with Crippen molar-refractivity contribution in [2.24, 2.45) is 10.9 Å². The van der Waals surface area contributed by atoms with Crippen molar-refractivity contribution in [3.8, 4) is 0 Å². The van der Waals surface area contributed by atoms with Crippen molar-refractivity contribution in [2.45, 2.75) is 32.1 Å². The fraction of sp³-hybridized carbons (Fsp3) is 0.905. The standard InChI is InChI=1S/C21H39N5O3.HI/c1-22-21(23-7-5-14-28-17-19-6-15-29-18-19)26-12-10-24(11-13-26)16-20(27)25-8-3-2-4-9-25;/h19H,2-18H2,1H3,(H,22,23);1H. The molecule has 3 heterocycles. The summed E-state index contributed by atoms with van der Waals surface area (Å²) < 4.78 is 11.1. The van der Waals surface area contributed by atoms with E-state index in [1.165, 1.54) is 6.42 Å². The summed E-state index contributed by atoms with van der Waals surface area (Å²) in [7, 11) is 1.84. The van der Waals surface area contributed by atoms with Gasteiger partial charge in [-0.3, -0.25) is 14.7 Å². The monoisotopic (exact) mass is 537 g/mol. The molecular weight excluding hydrogens is 497 g/mol. The van der Waals surface area contributed by atoms with Crippen LogP contribution in [0.1, 0.15) is 32.1 Å². The Kier molecular flexibility index (Phi) is 12.3. The summed E-state index contributed by atoms with van der Waals surface area (Å²) in [4.78, 5) is 23.5. The Balaban J connectivity index is 0.00000320. The molecule has 1 N–H and O–H groups in total. The smallest absolute Gasteiger partial charge is 0.236 e. The molecule has 1 atom stereocenters. The summed E-state index contributed by atoms with van der Waals surface area (Å²) >= 11 is 0. The van der Waals surface area contributed by atoms with Gasteiger partial charge in [0.05, 0.1) is 19.8 Å². The van der Waals surface area contributed by atoms with Gasteiger partial charge in [0.1, 0.15) is 0 Å². The van der Waals surface area contributed by atoms with Crippen LogP contribution in [0, 0.1) is 5.92 Å². The Morgan fingerprint density at radius 3 is 2.53 bits per heavy atom. The number of carbonyl (C=O) groups is 1. The highest BCUT2D eigenvalue weighted by molar-refractivity contribution is 14.0. The van der Waals surface area contributed by atoms with Crippen LogP contribution in [0.5, 0.6) is 0 Å². The van der Waals surface area contributed by atoms with Crippen molar-refractivity contribution < 1.29 is 14.3 Å². The van der Waals surface area contributed by atoms with Gasteiger partial charge < -0.3 is 24.6 Å². The number of halogens is 1. The molecule has 0 bridgehead atoms. The zero-order chi connectivity index (χ0) is 20.3. The quantitative estimate of drug-likeness (QED) is 0.218. The lowest BCUT2D eigenvalue weighted by molar-refractivity contribution is -0.133. The number of likely N-dealkylation sites (tertiary alicyclic amines) is 1. The molecule has 0 aromatic heterocycles. The van der Waals surface area contributed by atoms with E-state index in [0.29, 0.717) is 18.4 Å². The number of hydrogen-bond donors (Lipinski definition) is 1. The van der Waals surface area contributed by atoms with Gasteiger partial charge in [0.2, 0.25) is 5.91 Å². The van der Waals surface area contributed by atoms with Gasteiger partial charge in [-0.05, 0) is 32.1 Å². The number of guanidine groups is 1. The number of nitrogens with zero attached hydrogens (tertiary/aromatic N) is 4. The van der Waals surface area contributed by atoms with Gasteiger partial charge in [0.15, 0.2) is 5.96 Å². The lowest BCUT2D eigenvalue weighted by Gasteiger charge is -2.37. The summed E-state index contributed by atoms with van der Waals surface area (Å²) in [6.07, 6.45) is 5.66. The van der Waals surface area contributed by atoms with Crippen LogP contribution in [0.15, 0.2) is 4.99 Å². The molecule has 0 radical (unpaired) electrons. The van der Waals surface area contributed by atoms with Crippen molar-refractivity contribution in [2.75, 3.05) is 85.8 Å². The Morgan fingerprint density at radius 2 is 1.87 bits per heavy atom. The lowest BCUT2D eigenvalue weighted by atomic mass is 10.1. The van der Waals surface area contributed by atoms with E-state index in [0.717, 1.165) is 104 Å². The fourth-order valence-corrected chi connectivity index (χ4v) is 4.22. The number of piperazine rings is 1. The highest BCUT2D eigenvalue weighted by Crippen LogP contribution is 2.12. The van der Waals surface area contributed by atoms with E-state index in [2.05, 4.69) is 20.1 Å². The molecule has 3 saturated heterocycles. The molecule has 3 rings (SSSR count). The minimum atomic E-state index is 0. The fourth-order valence-electron chi connectivity index (χ4n) is 4.22. The van der Waals surface area contributed by atoms with Crippen molar-refractivity contribution in [1.82, 2.24) is 20.0 Å². The van der Waals surface area contributed by atoms with Crippen molar-refractivity contribution in [3.05, 3.63) is 0 Å². The number of carbonyl (C=O) groups excluding carboxylic acids is 1. The Hall–Kier alpha value is -0.650. The number of rotatable bonds is 8. The molecule has 30 heavy (non-hydrogen) atoms. The average molecular weight is 537 g/mol. The largest absolute Gasteiger partial charge is 0.381 e. The minimum Gasteiger partial charge on any atom is -0.381 e. The summed E-state index contributed by atoms with van der Waals surface area (Å²) in [5, 5.41) is 3.45. The number of ether oxygens (including phenoxy) is 2.